The minimum atomic E-state index is -0.356. The molecule has 1 N–H and O–H groups in total. The maximum Gasteiger partial charge on any atom is 0.256 e. The van der Waals surface area contributed by atoms with Crippen molar-refractivity contribution in [2.45, 2.75) is 0 Å². The average molecular weight is 400 g/mol. The van der Waals surface area contributed by atoms with Crippen LogP contribution in [0, 0.1) is 5.82 Å². The molecule has 0 bridgehead atoms. The predicted molar refractivity (Wildman–Crippen MR) is 113 cm³/mol. The first-order valence-corrected chi connectivity index (χ1v) is 9.64. The molecular formula is C22H13FN4OS. The summed E-state index contributed by atoms with van der Waals surface area (Å²) < 4.78 is 18.1. The first kappa shape index (κ1) is 17.4. The van der Waals surface area contributed by atoms with Crippen molar-refractivity contribution >= 4 is 44.2 Å². The number of halogens is 1. The van der Waals surface area contributed by atoms with Crippen LogP contribution in [-0.2, 0) is 0 Å². The average Bonchev–Trinajstić information content (AvgIpc) is 3.23. The molecule has 1 amide bonds. The van der Waals surface area contributed by atoms with Crippen molar-refractivity contribution in [3.8, 4) is 11.3 Å². The van der Waals surface area contributed by atoms with Crippen LogP contribution in [0.1, 0.15) is 10.4 Å². The number of carbonyl (C=O) groups is 1. The fourth-order valence-electron chi connectivity index (χ4n) is 3.24. The summed E-state index contributed by atoms with van der Waals surface area (Å²) >= 11 is 1.30. The second kappa shape index (κ2) is 7.03. The lowest BCUT2D eigenvalue weighted by atomic mass is 10.0. The highest BCUT2D eigenvalue weighted by Gasteiger charge is 2.16. The molecule has 7 heteroatoms. The van der Waals surface area contributed by atoms with E-state index in [1.807, 2.05) is 42.5 Å². The number of anilines is 1. The summed E-state index contributed by atoms with van der Waals surface area (Å²) in [4.78, 5) is 17.8. The highest BCUT2D eigenvalue weighted by molar-refractivity contribution is 7.13. The number of carbonyl (C=O) groups excluding carboxylic acids is 1. The summed E-state index contributed by atoms with van der Waals surface area (Å²) in [6.45, 7) is 0. The molecule has 0 fully saturated rings. The van der Waals surface area contributed by atoms with E-state index in [1.54, 1.807) is 6.07 Å². The molecule has 140 valence electrons. The number of nitrogens with one attached hydrogen (secondary N) is 1. The lowest BCUT2D eigenvalue weighted by molar-refractivity contribution is 0.102. The molecule has 0 atom stereocenters. The molecular weight excluding hydrogens is 387 g/mol. The van der Waals surface area contributed by atoms with Crippen molar-refractivity contribution in [1.82, 2.24) is 14.6 Å². The Balaban J connectivity index is 1.65. The molecule has 3 aromatic carbocycles. The molecule has 5 nitrogen and oxygen atoms in total. The number of aromatic nitrogens is 3. The first-order chi connectivity index (χ1) is 14.2. The van der Waals surface area contributed by atoms with Gasteiger partial charge in [0.25, 0.3) is 5.91 Å². The summed E-state index contributed by atoms with van der Waals surface area (Å²) in [5, 5.41) is 7.69. The van der Waals surface area contributed by atoms with Gasteiger partial charge in [-0.1, -0.05) is 34.8 Å². The fraction of sp³-hybridized carbons (Fsp3) is 0. The number of pyridine rings is 1. The van der Waals surface area contributed by atoms with E-state index in [0.29, 0.717) is 22.5 Å². The topological polar surface area (TPSA) is 67.8 Å². The van der Waals surface area contributed by atoms with Gasteiger partial charge in [0.1, 0.15) is 11.3 Å². The number of benzene rings is 3. The molecule has 0 aliphatic carbocycles. The second-order valence-corrected chi connectivity index (χ2v) is 7.21. The van der Waals surface area contributed by atoms with Crippen LogP contribution in [0.5, 0.6) is 0 Å². The van der Waals surface area contributed by atoms with Crippen LogP contribution in [0.3, 0.4) is 0 Å². The summed E-state index contributed by atoms with van der Waals surface area (Å²) in [6, 6.07) is 20.7. The minimum Gasteiger partial charge on any atom is -0.322 e. The van der Waals surface area contributed by atoms with Gasteiger partial charge in [0.15, 0.2) is 0 Å². The Morgan fingerprint density at radius 2 is 1.72 bits per heavy atom. The van der Waals surface area contributed by atoms with E-state index in [4.69, 9.17) is 4.98 Å². The number of fused-ring (bicyclic) bond motifs is 2. The van der Waals surface area contributed by atoms with E-state index in [2.05, 4.69) is 14.9 Å². The van der Waals surface area contributed by atoms with Crippen LogP contribution in [0.4, 0.5) is 10.1 Å². The lowest BCUT2D eigenvalue weighted by Crippen LogP contribution is -2.13. The number of para-hydroxylation sites is 1. The van der Waals surface area contributed by atoms with Crippen molar-refractivity contribution < 1.29 is 9.18 Å². The normalized spacial score (nSPS) is 11.1. The smallest absolute Gasteiger partial charge is 0.256 e. The van der Waals surface area contributed by atoms with Gasteiger partial charge in [-0.15, -0.1) is 5.10 Å². The highest BCUT2D eigenvalue weighted by atomic mass is 32.1. The molecule has 2 aromatic heterocycles. The molecule has 0 saturated carbocycles. The van der Waals surface area contributed by atoms with E-state index in [-0.39, 0.29) is 11.7 Å². The summed E-state index contributed by atoms with van der Waals surface area (Å²) in [5.74, 6) is -0.642. The third-order valence-electron chi connectivity index (χ3n) is 4.61. The largest absolute Gasteiger partial charge is 0.322 e. The molecule has 5 aromatic rings. The quantitative estimate of drug-likeness (QED) is 0.446. The van der Waals surface area contributed by atoms with Gasteiger partial charge in [0.2, 0.25) is 0 Å². The summed E-state index contributed by atoms with van der Waals surface area (Å²) in [7, 11) is 0. The van der Waals surface area contributed by atoms with Gasteiger partial charge in [0, 0.05) is 16.6 Å². The molecule has 0 radical (unpaired) electrons. The Hall–Kier alpha value is -3.71. The lowest BCUT2D eigenvalue weighted by Gasteiger charge is -2.11. The van der Waals surface area contributed by atoms with Crippen LogP contribution in [0.15, 0.2) is 72.8 Å². The maximum absolute atomic E-state index is 13.2. The number of amides is 1. The summed E-state index contributed by atoms with van der Waals surface area (Å²) in [5.41, 5.74) is 4.06. The maximum atomic E-state index is 13.2. The van der Waals surface area contributed by atoms with E-state index >= 15 is 0 Å². The molecule has 5 rings (SSSR count). The van der Waals surface area contributed by atoms with Crippen LogP contribution >= 0.6 is 11.5 Å². The third-order valence-corrected chi connectivity index (χ3v) is 5.39. The Kier molecular flexibility index (Phi) is 4.22. The van der Waals surface area contributed by atoms with Crippen LogP contribution in [0.25, 0.3) is 32.4 Å². The number of hydrogen-bond donors (Lipinski definition) is 1. The molecule has 0 spiro atoms. The number of hydrogen-bond acceptors (Lipinski definition) is 5. The van der Waals surface area contributed by atoms with Crippen molar-refractivity contribution in [3.05, 3.63) is 84.2 Å². The van der Waals surface area contributed by atoms with Gasteiger partial charge in [0.05, 0.1) is 21.5 Å². The Labute approximate surface area is 169 Å². The SMILES string of the molecule is O=C(Nc1ccc(F)cc1)c1cc(-c2cccc3nnsc23)nc2ccccc12. The van der Waals surface area contributed by atoms with Gasteiger partial charge >= 0.3 is 0 Å². The Bertz CT molecular complexity index is 1360. The molecule has 0 aliphatic heterocycles. The second-order valence-electron chi connectivity index (χ2n) is 6.46. The summed E-state index contributed by atoms with van der Waals surface area (Å²) in [6.07, 6.45) is 0. The van der Waals surface area contributed by atoms with E-state index < -0.39 is 0 Å². The zero-order chi connectivity index (χ0) is 19.8. The monoisotopic (exact) mass is 400 g/mol. The first-order valence-electron chi connectivity index (χ1n) is 8.87. The van der Waals surface area contributed by atoms with E-state index in [0.717, 1.165) is 21.2 Å². The van der Waals surface area contributed by atoms with Gasteiger partial charge < -0.3 is 5.32 Å². The van der Waals surface area contributed by atoms with Gasteiger partial charge in [-0.05, 0) is 54.0 Å². The van der Waals surface area contributed by atoms with Gasteiger partial charge in [-0.25, -0.2) is 9.37 Å². The molecule has 29 heavy (non-hydrogen) atoms. The predicted octanol–water partition coefficient (Wildman–Crippen LogP) is 5.30. The molecule has 0 saturated heterocycles. The zero-order valence-electron chi connectivity index (χ0n) is 15.0. The third kappa shape index (κ3) is 3.21. The van der Waals surface area contributed by atoms with E-state index in [9.17, 15) is 9.18 Å². The Morgan fingerprint density at radius 3 is 2.59 bits per heavy atom. The van der Waals surface area contributed by atoms with Gasteiger partial charge in [-0.3, -0.25) is 4.79 Å². The fourth-order valence-corrected chi connectivity index (χ4v) is 3.92. The van der Waals surface area contributed by atoms with Crippen molar-refractivity contribution in [1.29, 1.82) is 0 Å². The molecule has 2 heterocycles. The minimum absolute atomic E-state index is 0.286. The van der Waals surface area contributed by atoms with E-state index in [1.165, 1.54) is 35.8 Å². The van der Waals surface area contributed by atoms with Crippen LogP contribution in [0.2, 0.25) is 0 Å². The standard InChI is InChI=1S/C22H13FN4OS/c23-13-8-10-14(11-9-13)24-22(28)17-12-20(25-18-6-2-1-4-15(17)18)16-5-3-7-19-21(16)29-27-26-19/h1-12H,(H,24,28). The van der Waals surface area contributed by atoms with Crippen molar-refractivity contribution in [2.75, 3.05) is 5.32 Å². The number of rotatable bonds is 3. The highest BCUT2D eigenvalue weighted by Crippen LogP contribution is 2.31. The van der Waals surface area contributed by atoms with Crippen LogP contribution < -0.4 is 5.32 Å². The van der Waals surface area contributed by atoms with Crippen LogP contribution in [-0.4, -0.2) is 20.5 Å². The molecule has 0 unspecified atom stereocenters. The zero-order valence-corrected chi connectivity index (χ0v) is 15.8. The Morgan fingerprint density at radius 1 is 0.931 bits per heavy atom. The number of nitrogens with zero attached hydrogens (tertiary/aromatic N) is 3. The van der Waals surface area contributed by atoms with Gasteiger partial charge in [-0.2, -0.15) is 0 Å². The van der Waals surface area contributed by atoms with Crippen molar-refractivity contribution in [3.63, 3.8) is 0 Å². The van der Waals surface area contributed by atoms with Crippen molar-refractivity contribution in [2.24, 2.45) is 0 Å². The molecule has 0 aliphatic rings.